The van der Waals surface area contributed by atoms with Gasteiger partial charge < -0.3 is 14.7 Å². The van der Waals surface area contributed by atoms with Gasteiger partial charge in [0.15, 0.2) is 5.82 Å². The van der Waals surface area contributed by atoms with Crippen molar-refractivity contribution >= 4 is 29.0 Å². The van der Waals surface area contributed by atoms with Crippen molar-refractivity contribution in [2.75, 3.05) is 18.4 Å². The molecule has 3 heterocycles. The maximum Gasteiger partial charge on any atom is 0.263 e. The van der Waals surface area contributed by atoms with E-state index < -0.39 is 0 Å². The van der Waals surface area contributed by atoms with Crippen LogP contribution in [-0.2, 0) is 17.6 Å². The van der Waals surface area contributed by atoms with Crippen molar-refractivity contribution in [3.05, 3.63) is 33.2 Å². The minimum Gasteiger partial charge on any atom is -0.360 e. The fourth-order valence-corrected chi connectivity index (χ4v) is 5.33. The molecule has 2 aliphatic rings. The number of aromatic nitrogens is 1. The van der Waals surface area contributed by atoms with Gasteiger partial charge >= 0.3 is 0 Å². The minimum atomic E-state index is -0.0929. The highest BCUT2D eigenvalue weighted by Gasteiger charge is 2.29. The third-order valence-electron chi connectivity index (χ3n) is 5.74. The number of nitrogens with one attached hydrogen (secondary N) is 1. The lowest BCUT2D eigenvalue weighted by Crippen LogP contribution is -2.41. The zero-order valence-corrected chi connectivity index (χ0v) is 17.1. The smallest absolute Gasteiger partial charge is 0.263 e. The molecule has 150 valence electrons. The molecule has 7 heteroatoms. The Morgan fingerprint density at radius 1 is 1.14 bits per heavy atom. The van der Waals surface area contributed by atoms with Crippen LogP contribution in [0.4, 0.5) is 5.82 Å². The van der Waals surface area contributed by atoms with Gasteiger partial charge in [0.2, 0.25) is 5.91 Å². The molecular formula is C21H27N3O3S. The second-order valence-corrected chi connectivity index (χ2v) is 8.99. The van der Waals surface area contributed by atoms with Crippen molar-refractivity contribution < 1.29 is 14.1 Å². The standard InChI is InChI=1S/C21H27N3O3S/c1-14-12-19(23-27-14)22-20(25)15-8-10-24(11-9-15)21(26)18-13-16-6-4-2-3-5-7-17(16)28-18/h12-13,15H,2-11H2,1H3,(H,22,23,25). The van der Waals surface area contributed by atoms with Crippen molar-refractivity contribution in [1.29, 1.82) is 0 Å². The Morgan fingerprint density at radius 3 is 2.61 bits per heavy atom. The average molecular weight is 402 g/mol. The molecule has 0 unspecified atom stereocenters. The molecule has 6 nitrogen and oxygen atoms in total. The predicted molar refractivity (Wildman–Crippen MR) is 109 cm³/mol. The van der Waals surface area contributed by atoms with Crippen molar-refractivity contribution in [3.8, 4) is 0 Å². The number of aryl methyl sites for hydroxylation is 3. The van der Waals surface area contributed by atoms with Crippen molar-refractivity contribution in [2.45, 2.75) is 58.3 Å². The molecule has 2 aromatic rings. The largest absolute Gasteiger partial charge is 0.360 e. The monoisotopic (exact) mass is 401 g/mol. The first kappa shape index (κ1) is 19.2. The van der Waals surface area contributed by atoms with Gasteiger partial charge in [0.05, 0.1) is 4.88 Å². The number of piperidine rings is 1. The molecule has 0 atom stereocenters. The second kappa shape index (κ2) is 8.47. The first-order chi connectivity index (χ1) is 13.6. The van der Waals surface area contributed by atoms with Crippen LogP contribution in [0.2, 0.25) is 0 Å². The van der Waals surface area contributed by atoms with Crippen molar-refractivity contribution in [1.82, 2.24) is 10.1 Å². The summed E-state index contributed by atoms with van der Waals surface area (Å²) in [6.07, 6.45) is 8.61. The van der Waals surface area contributed by atoms with Crippen LogP contribution in [-0.4, -0.2) is 35.0 Å². The van der Waals surface area contributed by atoms with Crippen LogP contribution < -0.4 is 5.32 Å². The van der Waals surface area contributed by atoms with Crippen LogP contribution in [0.3, 0.4) is 0 Å². The Kier molecular flexibility index (Phi) is 5.80. The SMILES string of the molecule is Cc1cc(NC(=O)C2CCN(C(=O)c3cc4c(s3)CCCCCC4)CC2)no1. The number of rotatable bonds is 3. The summed E-state index contributed by atoms with van der Waals surface area (Å²) >= 11 is 1.68. The Balaban J connectivity index is 1.33. The summed E-state index contributed by atoms with van der Waals surface area (Å²) in [6.45, 7) is 3.04. The van der Waals surface area contributed by atoms with Crippen LogP contribution in [0.1, 0.15) is 64.4 Å². The fraction of sp³-hybridized carbons (Fsp3) is 0.571. The van der Waals surface area contributed by atoms with Crippen LogP contribution in [0.15, 0.2) is 16.7 Å². The summed E-state index contributed by atoms with van der Waals surface area (Å²) in [5.74, 6) is 1.12. The van der Waals surface area contributed by atoms with Gasteiger partial charge in [-0.25, -0.2) is 0 Å². The van der Waals surface area contributed by atoms with Gasteiger partial charge in [0, 0.05) is 30.0 Å². The average Bonchev–Trinajstić information content (AvgIpc) is 3.27. The maximum absolute atomic E-state index is 13.0. The van der Waals surface area contributed by atoms with E-state index >= 15 is 0 Å². The van der Waals surface area contributed by atoms with Gasteiger partial charge in [0.1, 0.15) is 5.76 Å². The van der Waals surface area contributed by atoms with Crippen LogP contribution in [0.25, 0.3) is 0 Å². The molecule has 0 radical (unpaired) electrons. The lowest BCUT2D eigenvalue weighted by Gasteiger charge is -2.30. The first-order valence-electron chi connectivity index (χ1n) is 10.2. The van der Waals surface area contributed by atoms with E-state index in [-0.39, 0.29) is 17.7 Å². The van der Waals surface area contributed by atoms with E-state index in [9.17, 15) is 9.59 Å². The van der Waals surface area contributed by atoms with E-state index in [2.05, 4.69) is 16.5 Å². The molecule has 1 aliphatic carbocycles. The molecule has 2 aromatic heterocycles. The van der Waals surface area contributed by atoms with E-state index in [1.165, 1.54) is 36.1 Å². The maximum atomic E-state index is 13.0. The Bertz CT molecular complexity index is 823. The number of hydrogen-bond acceptors (Lipinski definition) is 5. The van der Waals surface area contributed by atoms with Gasteiger partial charge in [0.25, 0.3) is 5.91 Å². The van der Waals surface area contributed by atoms with Crippen molar-refractivity contribution in [2.24, 2.45) is 5.92 Å². The fourth-order valence-electron chi connectivity index (χ4n) is 4.10. The Morgan fingerprint density at radius 2 is 1.89 bits per heavy atom. The number of amides is 2. The second-order valence-electron chi connectivity index (χ2n) is 7.85. The van der Waals surface area contributed by atoms with Gasteiger partial charge in [-0.1, -0.05) is 18.0 Å². The normalized spacial score (nSPS) is 18.2. The summed E-state index contributed by atoms with van der Waals surface area (Å²) in [6, 6.07) is 3.83. The Hall–Kier alpha value is -2.15. The quantitative estimate of drug-likeness (QED) is 0.837. The molecule has 2 amide bonds. The highest BCUT2D eigenvalue weighted by molar-refractivity contribution is 7.14. The number of hydrogen-bond donors (Lipinski definition) is 1. The predicted octanol–water partition coefficient (Wildman–Crippen LogP) is 4.19. The molecule has 0 bridgehead atoms. The number of thiophene rings is 1. The topological polar surface area (TPSA) is 75.4 Å². The van der Waals surface area contributed by atoms with E-state index in [0.29, 0.717) is 37.5 Å². The minimum absolute atomic E-state index is 0.0421. The van der Waals surface area contributed by atoms with Gasteiger partial charge in [-0.05, 0) is 57.1 Å². The van der Waals surface area contributed by atoms with Crippen LogP contribution in [0.5, 0.6) is 0 Å². The molecule has 0 saturated carbocycles. The molecule has 1 fully saturated rings. The van der Waals surface area contributed by atoms with Gasteiger partial charge in [-0.15, -0.1) is 11.3 Å². The highest BCUT2D eigenvalue weighted by atomic mass is 32.1. The molecule has 1 saturated heterocycles. The first-order valence-corrected chi connectivity index (χ1v) is 11.1. The molecule has 0 spiro atoms. The summed E-state index contributed by atoms with van der Waals surface area (Å²) in [4.78, 5) is 29.6. The number of carbonyl (C=O) groups is 2. The number of carbonyl (C=O) groups excluding carboxylic acids is 2. The van der Waals surface area contributed by atoms with Gasteiger partial charge in [-0.3, -0.25) is 9.59 Å². The summed E-state index contributed by atoms with van der Waals surface area (Å²) < 4.78 is 4.98. The lowest BCUT2D eigenvalue weighted by atomic mass is 9.95. The van der Waals surface area contributed by atoms with Crippen LogP contribution in [0, 0.1) is 12.8 Å². The number of anilines is 1. The van der Waals surface area contributed by atoms with Gasteiger partial charge in [-0.2, -0.15) is 0 Å². The highest BCUT2D eigenvalue weighted by Crippen LogP contribution is 2.30. The third kappa shape index (κ3) is 4.29. The van der Waals surface area contributed by atoms with E-state index in [1.807, 2.05) is 4.90 Å². The molecule has 4 rings (SSSR count). The van der Waals surface area contributed by atoms with Crippen LogP contribution >= 0.6 is 11.3 Å². The lowest BCUT2D eigenvalue weighted by molar-refractivity contribution is -0.121. The molecule has 28 heavy (non-hydrogen) atoms. The van der Waals surface area contributed by atoms with E-state index in [1.54, 1.807) is 24.3 Å². The summed E-state index contributed by atoms with van der Waals surface area (Å²) in [5.41, 5.74) is 1.38. The molecule has 1 aliphatic heterocycles. The molecular weight excluding hydrogens is 374 g/mol. The van der Waals surface area contributed by atoms with Crippen molar-refractivity contribution in [3.63, 3.8) is 0 Å². The molecule has 0 aromatic carbocycles. The Labute approximate surface area is 169 Å². The zero-order valence-electron chi connectivity index (χ0n) is 16.3. The summed E-state index contributed by atoms with van der Waals surface area (Å²) in [5, 5.41) is 6.62. The zero-order chi connectivity index (χ0) is 19.5. The number of fused-ring (bicyclic) bond motifs is 1. The number of nitrogens with zero attached hydrogens (tertiary/aromatic N) is 2. The summed E-state index contributed by atoms with van der Waals surface area (Å²) in [7, 11) is 0. The number of likely N-dealkylation sites (tertiary alicyclic amines) is 1. The third-order valence-corrected chi connectivity index (χ3v) is 6.96. The van der Waals surface area contributed by atoms with E-state index in [0.717, 1.165) is 17.7 Å². The molecule has 1 N–H and O–H groups in total. The van der Waals surface area contributed by atoms with E-state index in [4.69, 9.17) is 4.52 Å².